The van der Waals surface area contributed by atoms with Crippen LogP contribution in [-0.4, -0.2) is 11.1 Å². The van der Waals surface area contributed by atoms with Crippen LogP contribution in [0.2, 0.25) is 0 Å². The quantitative estimate of drug-likeness (QED) is 0.752. The first kappa shape index (κ1) is 16.0. The highest BCUT2D eigenvalue weighted by Gasteiger charge is 2.15. The van der Waals surface area contributed by atoms with Gasteiger partial charge in [-0.2, -0.15) is 0 Å². The lowest BCUT2D eigenvalue weighted by Crippen LogP contribution is -2.13. The van der Waals surface area contributed by atoms with E-state index in [2.05, 4.69) is 17.4 Å². The van der Waals surface area contributed by atoms with Gasteiger partial charge in [0.2, 0.25) is 0 Å². The largest absolute Gasteiger partial charge is 0.355 e. The van der Waals surface area contributed by atoms with Crippen LogP contribution in [0.3, 0.4) is 0 Å². The van der Waals surface area contributed by atoms with E-state index in [4.69, 9.17) is 4.52 Å². The van der Waals surface area contributed by atoms with Gasteiger partial charge >= 0.3 is 0 Å². The molecule has 0 radical (unpaired) electrons. The Hall–Kier alpha value is -2.88. The molecule has 1 amide bonds. The first-order chi connectivity index (χ1) is 11.4. The first-order valence-electron chi connectivity index (χ1n) is 7.87. The molecule has 0 aliphatic rings. The van der Waals surface area contributed by atoms with Gasteiger partial charge in [0.15, 0.2) is 11.5 Å². The number of amides is 1. The van der Waals surface area contributed by atoms with Crippen molar-refractivity contribution in [2.24, 2.45) is 0 Å². The standard InChI is InChI=1S/C20H20N2O2/c1-12-5-8-17(15(4)9-12)21-20(23)18-11-19(24-22-18)16-7-6-13(2)14(3)10-16/h5-11H,1-4H3,(H,21,23). The molecular formula is C20H20N2O2. The first-order valence-corrected chi connectivity index (χ1v) is 7.87. The third-order valence-corrected chi connectivity index (χ3v) is 4.16. The second kappa shape index (κ2) is 6.32. The van der Waals surface area contributed by atoms with Crippen molar-refractivity contribution in [3.63, 3.8) is 0 Å². The highest BCUT2D eigenvalue weighted by molar-refractivity contribution is 6.03. The van der Waals surface area contributed by atoms with Gasteiger partial charge in [-0.3, -0.25) is 4.79 Å². The molecule has 3 rings (SSSR count). The van der Waals surface area contributed by atoms with Crippen LogP contribution in [0.15, 0.2) is 47.0 Å². The van der Waals surface area contributed by atoms with Crippen LogP contribution in [0.1, 0.15) is 32.7 Å². The number of aryl methyl sites for hydroxylation is 4. The zero-order chi connectivity index (χ0) is 17.3. The van der Waals surface area contributed by atoms with Crippen LogP contribution in [0.25, 0.3) is 11.3 Å². The van der Waals surface area contributed by atoms with E-state index in [0.717, 1.165) is 22.4 Å². The molecule has 2 aromatic carbocycles. The van der Waals surface area contributed by atoms with E-state index < -0.39 is 0 Å². The Labute approximate surface area is 141 Å². The highest BCUT2D eigenvalue weighted by Crippen LogP contribution is 2.24. The van der Waals surface area contributed by atoms with E-state index in [9.17, 15) is 4.79 Å². The molecule has 3 aromatic rings. The molecule has 1 heterocycles. The third kappa shape index (κ3) is 3.23. The van der Waals surface area contributed by atoms with Gasteiger partial charge in [-0.05, 0) is 56.5 Å². The number of hydrogen-bond acceptors (Lipinski definition) is 3. The molecular weight excluding hydrogens is 300 g/mol. The normalized spacial score (nSPS) is 10.7. The average Bonchev–Trinajstić information content (AvgIpc) is 3.03. The van der Waals surface area contributed by atoms with Gasteiger partial charge in [0.1, 0.15) is 0 Å². The monoisotopic (exact) mass is 320 g/mol. The molecule has 0 aliphatic carbocycles. The van der Waals surface area contributed by atoms with Gasteiger partial charge in [-0.25, -0.2) is 0 Å². The summed E-state index contributed by atoms with van der Waals surface area (Å²) >= 11 is 0. The molecule has 0 spiro atoms. The average molecular weight is 320 g/mol. The van der Waals surface area contributed by atoms with Crippen molar-refractivity contribution in [3.05, 3.63) is 70.4 Å². The minimum Gasteiger partial charge on any atom is -0.355 e. The molecule has 4 nitrogen and oxygen atoms in total. The van der Waals surface area contributed by atoms with E-state index in [-0.39, 0.29) is 11.6 Å². The van der Waals surface area contributed by atoms with E-state index in [1.54, 1.807) is 6.07 Å². The van der Waals surface area contributed by atoms with Crippen LogP contribution >= 0.6 is 0 Å². The predicted octanol–water partition coefficient (Wildman–Crippen LogP) is 4.83. The molecule has 0 saturated carbocycles. The van der Waals surface area contributed by atoms with Gasteiger partial charge in [-0.1, -0.05) is 35.0 Å². The van der Waals surface area contributed by atoms with Crippen molar-refractivity contribution in [3.8, 4) is 11.3 Å². The Morgan fingerprint density at radius 1 is 0.917 bits per heavy atom. The number of carbonyl (C=O) groups excluding carboxylic acids is 1. The van der Waals surface area contributed by atoms with Gasteiger partial charge < -0.3 is 9.84 Å². The fraction of sp³-hybridized carbons (Fsp3) is 0.200. The number of rotatable bonds is 3. The molecule has 24 heavy (non-hydrogen) atoms. The van der Waals surface area contributed by atoms with E-state index in [1.165, 1.54) is 11.1 Å². The third-order valence-electron chi connectivity index (χ3n) is 4.16. The smallest absolute Gasteiger partial charge is 0.277 e. The number of hydrogen-bond donors (Lipinski definition) is 1. The maximum atomic E-state index is 12.4. The van der Waals surface area contributed by atoms with Crippen molar-refractivity contribution < 1.29 is 9.32 Å². The van der Waals surface area contributed by atoms with Gasteiger partial charge in [0.25, 0.3) is 5.91 Å². The van der Waals surface area contributed by atoms with Crippen molar-refractivity contribution in [1.29, 1.82) is 0 Å². The summed E-state index contributed by atoms with van der Waals surface area (Å²) < 4.78 is 5.34. The van der Waals surface area contributed by atoms with Gasteiger partial charge in [-0.15, -0.1) is 0 Å². The second-order valence-electron chi connectivity index (χ2n) is 6.15. The number of nitrogens with zero attached hydrogens (tertiary/aromatic N) is 1. The maximum Gasteiger partial charge on any atom is 0.277 e. The zero-order valence-electron chi connectivity index (χ0n) is 14.3. The van der Waals surface area contributed by atoms with Crippen molar-refractivity contribution in [2.75, 3.05) is 5.32 Å². The minimum atomic E-state index is -0.277. The molecule has 122 valence electrons. The summed E-state index contributed by atoms with van der Waals surface area (Å²) in [7, 11) is 0. The maximum absolute atomic E-state index is 12.4. The number of aromatic nitrogens is 1. The van der Waals surface area contributed by atoms with Crippen molar-refractivity contribution >= 4 is 11.6 Å². The van der Waals surface area contributed by atoms with Crippen molar-refractivity contribution in [2.45, 2.75) is 27.7 Å². The molecule has 0 saturated heterocycles. The van der Waals surface area contributed by atoms with Crippen LogP contribution in [0.5, 0.6) is 0 Å². The summed E-state index contributed by atoms with van der Waals surface area (Å²) in [5.74, 6) is 0.310. The zero-order valence-corrected chi connectivity index (χ0v) is 14.3. The fourth-order valence-corrected chi connectivity index (χ4v) is 2.55. The molecule has 0 aliphatic heterocycles. The Kier molecular flexibility index (Phi) is 4.21. The lowest BCUT2D eigenvalue weighted by atomic mass is 10.0. The summed E-state index contributed by atoms with van der Waals surface area (Å²) in [5.41, 5.74) is 6.52. The SMILES string of the molecule is Cc1ccc(NC(=O)c2cc(-c3ccc(C)c(C)c3)on2)c(C)c1. The van der Waals surface area contributed by atoms with Gasteiger partial charge in [0, 0.05) is 17.3 Å². The molecule has 0 unspecified atom stereocenters. The Bertz CT molecular complexity index is 910. The Morgan fingerprint density at radius 3 is 2.42 bits per heavy atom. The number of carbonyl (C=O) groups is 1. The van der Waals surface area contributed by atoms with Crippen LogP contribution in [0.4, 0.5) is 5.69 Å². The number of nitrogens with one attached hydrogen (secondary N) is 1. The molecule has 0 bridgehead atoms. The van der Waals surface area contributed by atoms with Crippen LogP contribution in [-0.2, 0) is 0 Å². The summed E-state index contributed by atoms with van der Waals surface area (Å²) in [6, 6.07) is 13.6. The summed E-state index contributed by atoms with van der Waals surface area (Å²) in [6.07, 6.45) is 0. The van der Waals surface area contributed by atoms with Crippen LogP contribution in [0, 0.1) is 27.7 Å². The lowest BCUT2D eigenvalue weighted by molar-refractivity contribution is 0.101. The summed E-state index contributed by atoms with van der Waals surface area (Å²) in [4.78, 5) is 12.4. The van der Waals surface area contributed by atoms with E-state index in [0.29, 0.717) is 5.76 Å². The van der Waals surface area contributed by atoms with E-state index in [1.807, 2.05) is 57.2 Å². The minimum absolute atomic E-state index is 0.267. The Morgan fingerprint density at radius 2 is 1.71 bits per heavy atom. The lowest BCUT2D eigenvalue weighted by Gasteiger charge is -2.07. The molecule has 0 atom stereocenters. The fourth-order valence-electron chi connectivity index (χ4n) is 2.55. The number of anilines is 1. The summed E-state index contributed by atoms with van der Waals surface area (Å²) in [5, 5.41) is 6.78. The molecule has 4 heteroatoms. The van der Waals surface area contributed by atoms with Crippen molar-refractivity contribution in [1.82, 2.24) is 5.16 Å². The van der Waals surface area contributed by atoms with E-state index >= 15 is 0 Å². The Balaban J connectivity index is 1.82. The van der Waals surface area contributed by atoms with Gasteiger partial charge in [0.05, 0.1) is 0 Å². The summed E-state index contributed by atoms with van der Waals surface area (Å²) in [6.45, 7) is 8.09. The second-order valence-corrected chi connectivity index (χ2v) is 6.15. The highest BCUT2D eigenvalue weighted by atomic mass is 16.5. The molecule has 1 N–H and O–H groups in total. The molecule has 1 aromatic heterocycles. The van der Waals surface area contributed by atoms with Crippen LogP contribution < -0.4 is 5.32 Å². The molecule has 0 fully saturated rings. The predicted molar refractivity (Wildman–Crippen MR) is 95.3 cm³/mol. The topological polar surface area (TPSA) is 55.1 Å². The number of benzene rings is 2.